The zero-order valence-electron chi connectivity index (χ0n) is 7.46. The van der Waals surface area contributed by atoms with Crippen molar-refractivity contribution in [1.29, 1.82) is 0 Å². The van der Waals surface area contributed by atoms with E-state index in [2.05, 4.69) is 0 Å². The Kier molecular flexibility index (Phi) is 1.90. The van der Waals surface area contributed by atoms with Crippen LogP contribution in [0.5, 0.6) is 0 Å². The maximum absolute atomic E-state index is 9.87. The number of alkyl halides is 1. The Labute approximate surface area is 77.9 Å². The van der Waals surface area contributed by atoms with E-state index in [9.17, 15) is 5.11 Å². The van der Waals surface area contributed by atoms with Crippen molar-refractivity contribution in [3.05, 3.63) is 0 Å². The fraction of sp³-hybridized carbons (Fsp3) is 1.00. The molecule has 1 N–H and O–H groups in total. The van der Waals surface area contributed by atoms with Gasteiger partial charge in [0, 0.05) is 5.92 Å². The summed E-state index contributed by atoms with van der Waals surface area (Å²) in [5.41, 5.74) is 0. The standard InChI is InChI=1S/C9H15ClO2/c1-5-6-3-4-7(12-6)9(2,10)8(5)11/h5-8,11H,3-4H2,1-2H3/t5-,6-,7+,8+,9+/m0/s1. The maximum atomic E-state index is 9.87. The van der Waals surface area contributed by atoms with Gasteiger partial charge < -0.3 is 9.84 Å². The lowest BCUT2D eigenvalue weighted by molar-refractivity contribution is -0.114. The first kappa shape index (κ1) is 8.79. The molecule has 0 aromatic rings. The first-order valence-electron chi connectivity index (χ1n) is 4.56. The average Bonchev–Trinajstić information content (AvgIpc) is 2.46. The van der Waals surface area contributed by atoms with Gasteiger partial charge in [-0.25, -0.2) is 0 Å². The molecule has 0 unspecified atom stereocenters. The van der Waals surface area contributed by atoms with Gasteiger partial charge in [0.05, 0.1) is 23.2 Å². The van der Waals surface area contributed by atoms with Crippen LogP contribution in [0.1, 0.15) is 26.7 Å². The van der Waals surface area contributed by atoms with Gasteiger partial charge in [0.2, 0.25) is 0 Å². The van der Waals surface area contributed by atoms with Crippen LogP contribution in [0.25, 0.3) is 0 Å². The molecule has 2 aliphatic rings. The minimum absolute atomic E-state index is 0.0513. The summed E-state index contributed by atoms with van der Waals surface area (Å²) in [5.74, 6) is 0.172. The molecular weight excluding hydrogens is 176 g/mol. The largest absolute Gasteiger partial charge is 0.391 e. The van der Waals surface area contributed by atoms with Crippen LogP contribution in [0, 0.1) is 5.92 Å². The maximum Gasteiger partial charge on any atom is 0.0940 e. The van der Waals surface area contributed by atoms with Gasteiger partial charge in [0.15, 0.2) is 0 Å². The fourth-order valence-electron chi connectivity index (χ4n) is 2.37. The molecule has 0 spiro atoms. The third kappa shape index (κ3) is 1.02. The lowest BCUT2D eigenvalue weighted by Gasteiger charge is -2.42. The molecule has 2 aliphatic heterocycles. The molecular formula is C9H15ClO2. The van der Waals surface area contributed by atoms with Gasteiger partial charge in [-0.15, -0.1) is 11.6 Å². The zero-order valence-corrected chi connectivity index (χ0v) is 8.21. The number of ether oxygens (including phenoxy) is 1. The molecule has 2 saturated heterocycles. The predicted octanol–water partition coefficient (Wildman–Crippen LogP) is 1.54. The van der Waals surface area contributed by atoms with Gasteiger partial charge in [0.1, 0.15) is 0 Å². The molecule has 70 valence electrons. The van der Waals surface area contributed by atoms with Crippen molar-refractivity contribution < 1.29 is 9.84 Å². The van der Waals surface area contributed by atoms with Crippen LogP contribution in [0.15, 0.2) is 0 Å². The number of rotatable bonds is 0. The van der Waals surface area contributed by atoms with Crippen LogP contribution in [0.3, 0.4) is 0 Å². The Hall–Kier alpha value is 0.210. The monoisotopic (exact) mass is 190 g/mol. The smallest absolute Gasteiger partial charge is 0.0940 e. The van der Waals surface area contributed by atoms with Crippen molar-refractivity contribution >= 4 is 11.6 Å². The summed E-state index contributed by atoms with van der Waals surface area (Å²) in [6, 6.07) is 0. The number of halogens is 1. The van der Waals surface area contributed by atoms with Crippen LogP contribution >= 0.6 is 11.6 Å². The van der Waals surface area contributed by atoms with E-state index in [4.69, 9.17) is 16.3 Å². The van der Waals surface area contributed by atoms with E-state index in [0.717, 1.165) is 12.8 Å². The molecule has 0 aliphatic carbocycles. The molecule has 5 atom stereocenters. The van der Waals surface area contributed by atoms with Crippen LogP contribution < -0.4 is 0 Å². The van der Waals surface area contributed by atoms with E-state index in [-0.39, 0.29) is 18.1 Å². The number of fused-ring (bicyclic) bond motifs is 2. The molecule has 2 rings (SSSR count). The molecule has 12 heavy (non-hydrogen) atoms. The second kappa shape index (κ2) is 2.60. The van der Waals surface area contributed by atoms with E-state index in [1.54, 1.807) is 0 Å². The van der Waals surface area contributed by atoms with Crippen LogP contribution in [0.2, 0.25) is 0 Å². The number of aliphatic hydroxyl groups is 1. The molecule has 0 radical (unpaired) electrons. The third-order valence-corrected chi connectivity index (χ3v) is 3.81. The Balaban J connectivity index is 2.26. The second-order valence-corrected chi connectivity index (χ2v) is 5.01. The summed E-state index contributed by atoms with van der Waals surface area (Å²) < 4.78 is 5.70. The van der Waals surface area contributed by atoms with Crippen molar-refractivity contribution in [2.24, 2.45) is 5.92 Å². The highest BCUT2D eigenvalue weighted by atomic mass is 35.5. The normalized spacial score (nSPS) is 59.0. The highest BCUT2D eigenvalue weighted by Gasteiger charge is 2.53. The average molecular weight is 191 g/mol. The topological polar surface area (TPSA) is 29.5 Å². The summed E-state index contributed by atoms with van der Waals surface area (Å²) in [5, 5.41) is 9.87. The van der Waals surface area contributed by atoms with Crippen molar-refractivity contribution in [2.75, 3.05) is 0 Å². The molecule has 2 fully saturated rings. The molecule has 2 heterocycles. The van der Waals surface area contributed by atoms with E-state index in [0.29, 0.717) is 0 Å². The zero-order chi connectivity index (χ0) is 8.93. The van der Waals surface area contributed by atoms with Gasteiger partial charge in [0.25, 0.3) is 0 Å². The Morgan fingerprint density at radius 1 is 1.50 bits per heavy atom. The van der Waals surface area contributed by atoms with E-state index in [1.165, 1.54) is 0 Å². The quantitative estimate of drug-likeness (QED) is 0.588. The number of aliphatic hydroxyl groups excluding tert-OH is 1. The van der Waals surface area contributed by atoms with Gasteiger partial charge in [-0.2, -0.15) is 0 Å². The summed E-state index contributed by atoms with van der Waals surface area (Å²) >= 11 is 6.24. The molecule has 0 amide bonds. The summed E-state index contributed by atoms with van der Waals surface area (Å²) in [4.78, 5) is -0.577. The van der Waals surface area contributed by atoms with Crippen molar-refractivity contribution in [1.82, 2.24) is 0 Å². The summed E-state index contributed by atoms with van der Waals surface area (Å²) in [6.45, 7) is 3.89. The molecule has 0 saturated carbocycles. The Morgan fingerprint density at radius 3 is 2.83 bits per heavy atom. The molecule has 3 heteroatoms. The second-order valence-electron chi connectivity index (χ2n) is 4.20. The first-order valence-corrected chi connectivity index (χ1v) is 4.93. The highest BCUT2D eigenvalue weighted by Crippen LogP contribution is 2.45. The van der Waals surface area contributed by atoms with Crippen molar-refractivity contribution in [3.63, 3.8) is 0 Å². The predicted molar refractivity (Wildman–Crippen MR) is 47.3 cm³/mol. The number of hydrogen-bond acceptors (Lipinski definition) is 2. The van der Waals surface area contributed by atoms with Crippen molar-refractivity contribution in [2.45, 2.75) is 49.9 Å². The van der Waals surface area contributed by atoms with E-state index in [1.807, 2.05) is 13.8 Å². The summed E-state index contributed by atoms with van der Waals surface area (Å²) in [6.07, 6.45) is 1.90. The summed E-state index contributed by atoms with van der Waals surface area (Å²) in [7, 11) is 0. The van der Waals surface area contributed by atoms with Crippen LogP contribution in [0.4, 0.5) is 0 Å². The lowest BCUT2D eigenvalue weighted by atomic mass is 9.86. The SMILES string of the molecule is C[C@H]1[C@@H]2CC[C@@H](O2)[C@@](C)(Cl)[C@@H]1O. The van der Waals surface area contributed by atoms with E-state index >= 15 is 0 Å². The Morgan fingerprint density at radius 2 is 2.17 bits per heavy atom. The van der Waals surface area contributed by atoms with Crippen LogP contribution in [-0.4, -0.2) is 28.3 Å². The lowest BCUT2D eigenvalue weighted by Crippen LogP contribution is -2.54. The Bertz CT molecular complexity index is 193. The van der Waals surface area contributed by atoms with Gasteiger partial charge in [-0.05, 0) is 19.8 Å². The number of hydrogen-bond donors (Lipinski definition) is 1. The minimum atomic E-state index is -0.577. The third-order valence-electron chi connectivity index (χ3n) is 3.34. The molecule has 0 aromatic carbocycles. The molecule has 0 aromatic heterocycles. The molecule has 2 bridgehead atoms. The van der Waals surface area contributed by atoms with E-state index < -0.39 is 11.0 Å². The molecule has 2 nitrogen and oxygen atoms in total. The first-order chi connectivity index (χ1) is 5.53. The van der Waals surface area contributed by atoms with Gasteiger partial charge >= 0.3 is 0 Å². The van der Waals surface area contributed by atoms with Crippen LogP contribution in [-0.2, 0) is 4.74 Å². The van der Waals surface area contributed by atoms with Gasteiger partial charge in [-0.3, -0.25) is 0 Å². The minimum Gasteiger partial charge on any atom is -0.391 e. The van der Waals surface area contributed by atoms with Gasteiger partial charge in [-0.1, -0.05) is 6.92 Å². The highest BCUT2D eigenvalue weighted by molar-refractivity contribution is 6.24. The van der Waals surface area contributed by atoms with Crippen molar-refractivity contribution in [3.8, 4) is 0 Å². The fourth-order valence-corrected chi connectivity index (χ4v) is 2.73.